The van der Waals surface area contributed by atoms with Gasteiger partial charge in [0.15, 0.2) is 6.10 Å². The molecule has 0 aromatic carbocycles. The Morgan fingerprint density at radius 3 is 0.747 bits per heavy atom. The molecule has 0 aliphatic heterocycles. The van der Waals surface area contributed by atoms with Crippen molar-refractivity contribution >= 4 is 17.9 Å². The number of rotatable bonds is 61. The van der Waals surface area contributed by atoms with Gasteiger partial charge in [-0.15, -0.1) is 0 Å². The summed E-state index contributed by atoms with van der Waals surface area (Å²) < 4.78 is 17.0. The van der Waals surface area contributed by atoms with Crippen LogP contribution in [0.4, 0.5) is 0 Å². The van der Waals surface area contributed by atoms with Crippen LogP contribution in [0.3, 0.4) is 0 Å². The van der Waals surface area contributed by atoms with Crippen LogP contribution < -0.4 is 0 Å². The van der Waals surface area contributed by atoms with Crippen LogP contribution in [0.5, 0.6) is 0 Å². The van der Waals surface area contributed by atoms with Crippen molar-refractivity contribution in [2.75, 3.05) is 13.2 Å². The Bertz CT molecular complexity index is 1800. The van der Waals surface area contributed by atoms with Gasteiger partial charge in [0.05, 0.1) is 0 Å². The second-order valence-electron chi connectivity index (χ2n) is 22.3. The highest BCUT2D eigenvalue weighted by molar-refractivity contribution is 5.71. The van der Waals surface area contributed by atoms with E-state index in [0.717, 1.165) is 141 Å². The molecule has 83 heavy (non-hydrogen) atoms. The van der Waals surface area contributed by atoms with Crippen molar-refractivity contribution in [3.8, 4) is 0 Å². The normalized spacial score (nSPS) is 13.0. The van der Waals surface area contributed by atoms with E-state index in [0.29, 0.717) is 19.3 Å². The predicted octanol–water partition coefficient (Wildman–Crippen LogP) is 23.9. The largest absolute Gasteiger partial charge is 0.462 e. The van der Waals surface area contributed by atoms with E-state index in [2.05, 4.69) is 167 Å². The van der Waals surface area contributed by atoms with Gasteiger partial charge in [-0.05, 0) is 141 Å². The SMILES string of the molecule is CC/C=C\C/C=C\C/C=C\C/C=C\C/C=C\CCCCCCCCCCCC(=O)OCC(COC(=O)CCCCC/C=C\C/C=C\C/C=C\C/C=C\C/C=C\CC)OC(=O)CCCCCCCCCCC/C=C\C/C=C\CCCCCCC. The van der Waals surface area contributed by atoms with Crippen LogP contribution in [0.2, 0.25) is 0 Å². The molecule has 0 saturated heterocycles. The molecule has 0 heterocycles. The number of unbranched alkanes of at least 4 members (excludes halogenated alkanes) is 26. The molecule has 0 fully saturated rings. The molecule has 0 spiro atoms. The Labute approximate surface area is 512 Å². The van der Waals surface area contributed by atoms with Crippen molar-refractivity contribution in [3.05, 3.63) is 146 Å². The van der Waals surface area contributed by atoms with Crippen molar-refractivity contribution in [3.63, 3.8) is 0 Å². The fourth-order valence-electron chi connectivity index (χ4n) is 9.23. The lowest BCUT2D eigenvalue weighted by molar-refractivity contribution is -0.167. The van der Waals surface area contributed by atoms with Crippen molar-refractivity contribution in [2.24, 2.45) is 0 Å². The van der Waals surface area contributed by atoms with Gasteiger partial charge in [-0.25, -0.2) is 0 Å². The Morgan fingerprint density at radius 1 is 0.253 bits per heavy atom. The highest BCUT2D eigenvalue weighted by Crippen LogP contribution is 2.16. The first-order chi connectivity index (χ1) is 41.0. The monoisotopic (exact) mass is 1150 g/mol. The summed E-state index contributed by atoms with van der Waals surface area (Å²) in [4.78, 5) is 38.5. The van der Waals surface area contributed by atoms with Crippen LogP contribution in [0.1, 0.15) is 303 Å². The molecule has 1 unspecified atom stereocenters. The number of carbonyl (C=O) groups is 3. The van der Waals surface area contributed by atoms with Crippen molar-refractivity contribution in [2.45, 2.75) is 309 Å². The Hall–Kier alpha value is -4.71. The molecular weight excluding hydrogens is 1020 g/mol. The summed E-state index contributed by atoms with van der Waals surface area (Å²) in [5.41, 5.74) is 0. The second-order valence-corrected chi connectivity index (χ2v) is 22.3. The number of hydrogen-bond donors (Lipinski definition) is 0. The van der Waals surface area contributed by atoms with Crippen LogP contribution >= 0.6 is 0 Å². The van der Waals surface area contributed by atoms with E-state index >= 15 is 0 Å². The second kappa shape index (κ2) is 69.8. The third-order valence-corrected chi connectivity index (χ3v) is 14.3. The molecule has 470 valence electrons. The molecule has 0 aromatic rings. The van der Waals surface area contributed by atoms with Crippen LogP contribution in [-0.4, -0.2) is 37.2 Å². The molecule has 0 aliphatic carbocycles. The molecule has 6 nitrogen and oxygen atoms in total. The molecule has 0 radical (unpaired) electrons. The van der Waals surface area contributed by atoms with Gasteiger partial charge in [0.2, 0.25) is 0 Å². The van der Waals surface area contributed by atoms with Gasteiger partial charge in [0.25, 0.3) is 0 Å². The molecule has 0 saturated carbocycles. The zero-order valence-corrected chi connectivity index (χ0v) is 53.9. The minimum Gasteiger partial charge on any atom is -0.462 e. The van der Waals surface area contributed by atoms with Gasteiger partial charge >= 0.3 is 17.9 Å². The maximum atomic E-state index is 13.0. The molecule has 6 heteroatoms. The van der Waals surface area contributed by atoms with Gasteiger partial charge < -0.3 is 14.2 Å². The molecule has 0 N–H and O–H groups in total. The molecule has 0 bridgehead atoms. The van der Waals surface area contributed by atoms with Gasteiger partial charge in [0.1, 0.15) is 13.2 Å². The van der Waals surface area contributed by atoms with E-state index in [9.17, 15) is 14.4 Å². The number of esters is 3. The summed E-state index contributed by atoms with van der Waals surface area (Å²) in [6, 6.07) is 0. The molecular formula is C77H126O6. The third-order valence-electron chi connectivity index (χ3n) is 14.3. The topological polar surface area (TPSA) is 78.9 Å². The molecule has 0 aliphatic rings. The average Bonchev–Trinajstić information content (AvgIpc) is 3.50. The van der Waals surface area contributed by atoms with Crippen LogP contribution in [0.25, 0.3) is 0 Å². The lowest BCUT2D eigenvalue weighted by atomic mass is 10.1. The summed E-state index contributed by atoms with van der Waals surface area (Å²) in [5, 5.41) is 0. The zero-order chi connectivity index (χ0) is 59.9. The molecule has 0 aromatic heterocycles. The third kappa shape index (κ3) is 68.0. The van der Waals surface area contributed by atoms with Crippen molar-refractivity contribution in [1.82, 2.24) is 0 Å². The lowest BCUT2D eigenvalue weighted by Gasteiger charge is -2.18. The van der Waals surface area contributed by atoms with Gasteiger partial charge in [-0.1, -0.05) is 289 Å². The first kappa shape index (κ1) is 78.3. The Morgan fingerprint density at radius 2 is 0.470 bits per heavy atom. The fourth-order valence-corrected chi connectivity index (χ4v) is 9.23. The van der Waals surface area contributed by atoms with E-state index < -0.39 is 6.10 Å². The lowest BCUT2D eigenvalue weighted by Crippen LogP contribution is -2.30. The average molecular weight is 1150 g/mol. The summed E-state index contributed by atoms with van der Waals surface area (Å²) in [6.45, 7) is 6.38. The minimum absolute atomic E-state index is 0.0981. The quantitative estimate of drug-likeness (QED) is 0.0261. The van der Waals surface area contributed by atoms with E-state index in [-0.39, 0.29) is 31.1 Å². The first-order valence-electron chi connectivity index (χ1n) is 34.3. The van der Waals surface area contributed by atoms with E-state index in [1.165, 1.54) is 122 Å². The van der Waals surface area contributed by atoms with Crippen LogP contribution in [0, 0.1) is 0 Å². The summed E-state index contributed by atoms with van der Waals surface area (Å²) in [7, 11) is 0. The minimum atomic E-state index is -0.805. The zero-order valence-electron chi connectivity index (χ0n) is 53.9. The Balaban J connectivity index is 4.46. The summed E-state index contributed by atoms with van der Waals surface area (Å²) in [5.74, 6) is -0.936. The first-order valence-corrected chi connectivity index (χ1v) is 34.3. The number of ether oxygens (including phenoxy) is 3. The highest BCUT2D eigenvalue weighted by atomic mass is 16.6. The van der Waals surface area contributed by atoms with Gasteiger partial charge in [-0.3, -0.25) is 14.4 Å². The number of carbonyl (C=O) groups excluding carboxylic acids is 3. The van der Waals surface area contributed by atoms with Crippen molar-refractivity contribution in [1.29, 1.82) is 0 Å². The standard InChI is InChI=1S/C77H126O6/c1-4-7-10-13-16-19-22-25-28-31-34-36-37-38-39-41-43-46-49-52-55-58-61-64-67-70-76(79)82-73-74(72-81-75(78)69-66-63-60-57-54-51-48-45-42-33-30-27-24-21-18-15-12-9-6-3)83-77(80)71-68-65-62-59-56-53-50-47-44-40-35-32-29-26-23-20-17-14-11-8-5-2/h7,9-10,12,16,18-19,21,23,25-28,30,32,34-36,38-39,42,45,51,54,74H,4-6,8,11,13-15,17,20,22,24,29,31,33,37,40-41,43-44,46-50,52-53,55-73H2,1-3H3/b10-7-,12-9-,19-16-,21-18-,26-23-,28-25-,30-27-,35-32-,36-34-,39-38-,45-42-,54-51-. The smallest absolute Gasteiger partial charge is 0.306 e. The van der Waals surface area contributed by atoms with Crippen molar-refractivity contribution < 1.29 is 28.6 Å². The summed E-state index contributed by atoms with van der Waals surface area (Å²) in [6.07, 6.45) is 100.0. The van der Waals surface area contributed by atoms with E-state index in [1.54, 1.807) is 0 Å². The number of hydrogen-bond acceptors (Lipinski definition) is 6. The van der Waals surface area contributed by atoms with E-state index in [1.807, 2.05) is 0 Å². The number of allylic oxidation sites excluding steroid dienone is 24. The molecule has 0 rings (SSSR count). The van der Waals surface area contributed by atoms with Crippen LogP contribution in [-0.2, 0) is 28.6 Å². The molecule has 1 atom stereocenters. The van der Waals surface area contributed by atoms with E-state index in [4.69, 9.17) is 14.2 Å². The predicted molar refractivity (Wildman–Crippen MR) is 362 cm³/mol. The molecule has 0 amide bonds. The maximum absolute atomic E-state index is 13.0. The Kier molecular flexibility index (Phi) is 65.8. The highest BCUT2D eigenvalue weighted by Gasteiger charge is 2.19. The maximum Gasteiger partial charge on any atom is 0.306 e. The van der Waals surface area contributed by atoms with Gasteiger partial charge in [0, 0.05) is 19.3 Å². The van der Waals surface area contributed by atoms with Crippen LogP contribution in [0.15, 0.2) is 146 Å². The summed E-state index contributed by atoms with van der Waals surface area (Å²) >= 11 is 0. The fraction of sp³-hybridized carbons (Fsp3) is 0.649. The van der Waals surface area contributed by atoms with Gasteiger partial charge in [-0.2, -0.15) is 0 Å².